The van der Waals surface area contributed by atoms with Crippen LogP contribution in [0.15, 0.2) is 6.07 Å². The van der Waals surface area contributed by atoms with Crippen molar-refractivity contribution in [1.82, 2.24) is 14.9 Å². The number of piperidine rings is 1. The highest BCUT2D eigenvalue weighted by atomic mass is 16.2. The second-order valence-electron chi connectivity index (χ2n) is 6.33. The van der Waals surface area contributed by atoms with E-state index in [0.29, 0.717) is 11.5 Å². The molecule has 114 valence electrons. The molecule has 0 N–H and O–H groups in total. The number of hydrogen-bond acceptors (Lipinski definition) is 4. The van der Waals surface area contributed by atoms with Crippen molar-refractivity contribution in [3.05, 3.63) is 17.6 Å². The molecule has 21 heavy (non-hydrogen) atoms. The molecular weight excluding hydrogens is 264 g/mol. The molecule has 0 saturated carbocycles. The molecule has 3 rings (SSSR count). The second kappa shape index (κ2) is 6.00. The summed E-state index contributed by atoms with van der Waals surface area (Å²) in [4.78, 5) is 25.6. The van der Waals surface area contributed by atoms with Gasteiger partial charge >= 0.3 is 0 Å². The van der Waals surface area contributed by atoms with Gasteiger partial charge in [0.25, 0.3) is 5.91 Å². The number of hydrogen-bond donors (Lipinski definition) is 0. The maximum atomic E-state index is 12.5. The second-order valence-corrected chi connectivity index (χ2v) is 6.33. The Balaban J connectivity index is 1.80. The van der Waals surface area contributed by atoms with E-state index in [1.807, 2.05) is 17.9 Å². The van der Waals surface area contributed by atoms with Crippen LogP contribution in [-0.4, -0.2) is 47.0 Å². The van der Waals surface area contributed by atoms with E-state index >= 15 is 0 Å². The van der Waals surface area contributed by atoms with Crippen molar-refractivity contribution in [3.8, 4) is 0 Å². The van der Waals surface area contributed by atoms with Crippen LogP contribution in [0.25, 0.3) is 0 Å². The lowest BCUT2D eigenvalue weighted by Gasteiger charge is -2.31. The SMILES string of the molecule is Cc1nc(C(=O)N2CCCC2)cc(N2CCC(C)CC2)n1. The van der Waals surface area contributed by atoms with E-state index in [1.54, 1.807) is 0 Å². The van der Waals surface area contributed by atoms with Crippen LogP contribution in [0.2, 0.25) is 0 Å². The third-order valence-corrected chi connectivity index (χ3v) is 4.54. The van der Waals surface area contributed by atoms with E-state index in [-0.39, 0.29) is 5.91 Å². The summed E-state index contributed by atoms with van der Waals surface area (Å²) in [6.45, 7) is 7.93. The molecule has 5 heteroatoms. The summed E-state index contributed by atoms with van der Waals surface area (Å²) in [7, 11) is 0. The Bertz CT molecular complexity index is 517. The number of carbonyl (C=O) groups excluding carboxylic acids is 1. The van der Waals surface area contributed by atoms with Crippen molar-refractivity contribution in [3.63, 3.8) is 0 Å². The third-order valence-electron chi connectivity index (χ3n) is 4.54. The minimum Gasteiger partial charge on any atom is -0.356 e. The van der Waals surface area contributed by atoms with E-state index in [0.717, 1.165) is 50.8 Å². The fraction of sp³-hybridized carbons (Fsp3) is 0.688. The highest BCUT2D eigenvalue weighted by Gasteiger charge is 2.23. The van der Waals surface area contributed by atoms with Crippen LogP contribution < -0.4 is 4.90 Å². The first-order valence-corrected chi connectivity index (χ1v) is 8.03. The molecule has 1 aromatic rings. The maximum absolute atomic E-state index is 12.5. The van der Waals surface area contributed by atoms with Gasteiger partial charge in [0, 0.05) is 32.2 Å². The Labute approximate surface area is 126 Å². The van der Waals surface area contributed by atoms with Gasteiger partial charge in [-0.05, 0) is 38.5 Å². The van der Waals surface area contributed by atoms with Crippen LogP contribution in [0.4, 0.5) is 5.82 Å². The summed E-state index contributed by atoms with van der Waals surface area (Å²) in [5.74, 6) is 2.45. The largest absolute Gasteiger partial charge is 0.356 e. The highest BCUT2D eigenvalue weighted by Crippen LogP contribution is 2.22. The van der Waals surface area contributed by atoms with Gasteiger partial charge in [0.15, 0.2) is 0 Å². The average Bonchev–Trinajstić information content (AvgIpc) is 3.00. The number of aromatic nitrogens is 2. The molecule has 1 amide bonds. The zero-order valence-electron chi connectivity index (χ0n) is 13.0. The molecular formula is C16H24N4O. The molecule has 2 aliphatic heterocycles. The number of likely N-dealkylation sites (tertiary alicyclic amines) is 1. The molecule has 0 aromatic carbocycles. The van der Waals surface area contributed by atoms with Crippen molar-refractivity contribution in [2.24, 2.45) is 5.92 Å². The van der Waals surface area contributed by atoms with Crippen molar-refractivity contribution >= 4 is 11.7 Å². The van der Waals surface area contributed by atoms with Crippen molar-refractivity contribution < 1.29 is 4.79 Å². The fourth-order valence-corrected chi connectivity index (χ4v) is 3.14. The molecule has 2 saturated heterocycles. The Kier molecular flexibility index (Phi) is 4.08. The number of amides is 1. The molecule has 0 unspecified atom stereocenters. The van der Waals surface area contributed by atoms with Crippen LogP contribution in [0, 0.1) is 12.8 Å². The van der Waals surface area contributed by atoms with Crippen molar-refractivity contribution in [2.45, 2.75) is 39.5 Å². The van der Waals surface area contributed by atoms with E-state index in [2.05, 4.69) is 21.8 Å². The van der Waals surface area contributed by atoms with Gasteiger partial charge < -0.3 is 9.80 Å². The first-order valence-electron chi connectivity index (χ1n) is 8.03. The molecule has 0 atom stereocenters. The molecule has 3 heterocycles. The third kappa shape index (κ3) is 3.17. The van der Waals surface area contributed by atoms with E-state index in [4.69, 9.17) is 0 Å². The number of aryl methyl sites for hydroxylation is 1. The van der Waals surface area contributed by atoms with Crippen LogP contribution in [0.1, 0.15) is 48.9 Å². The monoisotopic (exact) mass is 288 g/mol. The Morgan fingerprint density at radius 3 is 2.48 bits per heavy atom. The summed E-state index contributed by atoms with van der Waals surface area (Å²) in [5.41, 5.74) is 0.554. The first kappa shape index (κ1) is 14.3. The van der Waals surface area contributed by atoms with Crippen molar-refractivity contribution in [1.29, 1.82) is 0 Å². The van der Waals surface area contributed by atoms with E-state index < -0.39 is 0 Å². The number of nitrogens with zero attached hydrogens (tertiary/aromatic N) is 4. The number of rotatable bonds is 2. The van der Waals surface area contributed by atoms with Gasteiger partial charge in [0.2, 0.25) is 0 Å². The van der Waals surface area contributed by atoms with Gasteiger partial charge in [-0.15, -0.1) is 0 Å². The Morgan fingerprint density at radius 1 is 1.14 bits per heavy atom. The van der Waals surface area contributed by atoms with Crippen LogP contribution in [0.3, 0.4) is 0 Å². The predicted molar refractivity (Wildman–Crippen MR) is 82.5 cm³/mol. The summed E-state index contributed by atoms with van der Waals surface area (Å²) in [6.07, 6.45) is 4.59. The van der Waals surface area contributed by atoms with E-state index in [9.17, 15) is 4.79 Å². The number of carbonyl (C=O) groups is 1. The van der Waals surface area contributed by atoms with Crippen molar-refractivity contribution in [2.75, 3.05) is 31.1 Å². The Morgan fingerprint density at radius 2 is 1.81 bits per heavy atom. The molecule has 0 radical (unpaired) electrons. The molecule has 0 spiro atoms. The van der Waals surface area contributed by atoms with Crippen LogP contribution in [-0.2, 0) is 0 Å². The summed E-state index contributed by atoms with van der Waals surface area (Å²) in [6, 6.07) is 1.88. The standard InChI is InChI=1S/C16H24N4O/c1-12-5-9-19(10-6-12)15-11-14(17-13(2)18-15)16(21)20-7-3-4-8-20/h11-12H,3-10H2,1-2H3. The average molecular weight is 288 g/mol. The molecule has 1 aromatic heterocycles. The van der Waals surface area contributed by atoms with Crippen LogP contribution in [0.5, 0.6) is 0 Å². The zero-order valence-corrected chi connectivity index (χ0v) is 13.0. The van der Waals surface area contributed by atoms with Crippen LogP contribution >= 0.6 is 0 Å². The first-order chi connectivity index (χ1) is 10.1. The minimum atomic E-state index is 0.0598. The Hall–Kier alpha value is -1.65. The van der Waals surface area contributed by atoms with Gasteiger partial charge in [-0.1, -0.05) is 6.92 Å². The minimum absolute atomic E-state index is 0.0598. The van der Waals surface area contributed by atoms with Gasteiger partial charge in [0.05, 0.1) is 0 Å². The van der Waals surface area contributed by atoms with Gasteiger partial charge in [-0.2, -0.15) is 0 Å². The normalized spacial score (nSPS) is 20.1. The smallest absolute Gasteiger partial charge is 0.272 e. The zero-order chi connectivity index (χ0) is 14.8. The molecule has 2 fully saturated rings. The predicted octanol–water partition coefficient (Wildman–Crippen LogP) is 2.26. The quantitative estimate of drug-likeness (QED) is 0.837. The summed E-state index contributed by atoms with van der Waals surface area (Å²) < 4.78 is 0. The lowest BCUT2D eigenvalue weighted by molar-refractivity contribution is 0.0786. The lowest BCUT2D eigenvalue weighted by atomic mass is 9.99. The topological polar surface area (TPSA) is 49.3 Å². The summed E-state index contributed by atoms with van der Waals surface area (Å²) in [5, 5.41) is 0. The van der Waals surface area contributed by atoms with Gasteiger partial charge in [-0.3, -0.25) is 4.79 Å². The maximum Gasteiger partial charge on any atom is 0.272 e. The number of anilines is 1. The van der Waals surface area contributed by atoms with Gasteiger partial charge in [0.1, 0.15) is 17.3 Å². The molecule has 5 nitrogen and oxygen atoms in total. The molecule has 0 aliphatic carbocycles. The van der Waals surface area contributed by atoms with E-state index in [1.165, 1.54) is 12.8 Å². The lowest BCUT2D eigenvalue weighted by Crippen LogP contribution is -2.34. The molecule has 0 bridgehead atoms. The molecule has 2 aliphatic rings. The summed E-state index contributed by atoms with van der Waals surface area (Å²) >= 11 is 0. The highest BCUT2D eigenvalue weighted by molar-refractivity contribution is 5.93. The fourth-order valence-electron chi connectivity index (χ4n) is 3.14. The van der Waals surface area contributed by atoms with Gasteiger partial charge in [-0.25, -0.2) is 9.97 Å².